The van der Waals surface area contributed by atoms with Gasteiger partial charge < -0.3 is 10.4 Å². The Hall–Kier alpha value is -2.90. The van der Waals surface area contributed by atoms with Gasteiger partial charge in [0.2, 0.25) is 0 Å². The summed E-state index contributed by atoms with van der Waals surface area (Å²) in [6, 6.07) is 7.45. The van der Waals surface area contributed by atoms with Gasteiger partial charge in [0, 0.05) is 12.4 Å². The van der Waals surface area contributed by atoms with Gasteiger partial charge in [-0.3, -0.25) is 9.78 Å². The predicted molar refractivity (Wildman–Crippen MR) is 74.2 cm³/mol. The second-order valence-electron chi connectivity index (χ2n) is 4.60. The molecule has 1 amide bonds. The highest BCUT2D eigenvalue weighted by atomic mass is 19.4. The Labute approximate surface area is 128 Å². The van der Waals surface area contributed by atoms with Crippen LogP contribution >= 0.6 is 0 Å². The molecule has 0 aliphatic heterocycles. The van der Waals surface area contributed by atoms with Crippen LogP contribution in [0.4, 0.5) is 13.2 Å². The Bertz CT molecular complexity index is 717. The van der Waals surface area contributed by atoms with E-state index in [0.717, 1.165) is 0 Å². The SMILES string of the molecule is O=C(O)C(NC(=O)C(F)(F)F)c1cccc(-c2ccncc2)c1. The first kappa shape index (κ1) is 16.5. The Kier molecular flexibility index (Phi) is 4.63. The monoisotopic (exact) mass is 324 g/mol. The molecular formula is C15H11F3N2O3. The molecule has 1 unspecified atom stereocenters. The molecule has 23 heavy (non-hydrogen) atoms. The number of alkyl halides is 3. The summed E-state index contributed by atoms with van der Waals surface area (Å²) in [5.74, 6) is -3.89. The predicted octanol–water partition coefficient (Wildman–Crippen LogP) is 2.55. The number of amides is 1. The summed E-state index contributed by atoms with van der Waals surface area (Å²) >= 11 is 0. The molecule has 1 atom stereocenters. The van der Waals surface area contributed by atoms with Crippen molar-refractivity contribution in [2.45, 2.75) is 12.2 Å². The average Bonchev–Trinajstić information content (AvgIpc) is 2.52. The quantitative estimate of drug-likeness (QED) is 0.906. The van der Waals surface area contributed by atoms with Crippen molar-refractivity contribution < 1.29 is 27.9 Å². The molecule has 120 valence electrons. The van der Waals surface area contributed by atoms with Crippen LogP contribution in [0.1, 0.15) is 11.6 Å². The minimum Gasteiger partial charge on any atom is -0.479 e. The van der Waals surface area contributed by atoms with E-state index in [9.17, 15) is 22.8 Å². The van der Waals surface area contributed by atoms with Gasteiger partial charge in [0.05, 0.1) is 0 Å². The molecule has 1 heterocycles. The van der Waals surface area contributed by atoms with Crippen LogP contribution in [0.25, 0.3) is 11.1 Å². The summed E-state index contributed by atoms with van der Waals surface area (Å²) in [6.45, 7) is 0. The lowest BCUT2D eigenvalue weighted by atomic mass is 10.00. The maximum atomic E-state index is 12.3. The molecule has 8 heteroatoms. The molecule has 2 aromatic rings. The zero-order chi connectivity index (χ0) is 17.0. The topological polar surface area (TPSA) is 79.3 Å². The number of nitrogens with one attached hydrogen (secondary N) is 1. The molecule has 1 aromatic carbocycles. The van der Waals surface area contributed by atoms with Gasteiger partial charge in [0.15, 0.2) is 6.04 Å². The van der Waals surface area contributed by atoms with Crippen molar-refractivity contribution >= 4 is 11.9 Å². The van der Waals surface area contributed by atoms with Gasteiger partial charge in [-0.15, -0.1) is 0 Å². The summed E-state index contributed by atoms with van der Waals surface area (Å²) in [5.41, 5.74) is 1.34. The van der Waals surface area contributed by atoms with E-state index in [-0.39, 0.29) is 5.56 Å². The number of carbonyl (C=O) groups excluding carboxylic acids is 1. The smallest absolute Gasteiger partial charge is 0.471 e. The lowest BCUT2D eigenvalue weighted by Gasteiger charge is -2.17. The third-order valence-corrected chi connectivity index (χ3v) is 3.01. The Balaban J connectivity index is 2.34. The number of pyridine rings is 1. The Morgan fingerprint density at radius 3 is 2.30 bits per heavy atom. The molecule has 1 aromatic heterocycles. The number of carboxylic acid groups (broad SMARTS) is 1. The van der Waals surface area contributed by atoms with E-state index in [0.29, 0.717) is 11.1 Å². The minimum absolute atomic E-state index is 0.0319. The van der Waals surface area contributed by atoms with E-state index in [4.69, 9.17) is 5.11 Å². The molecule has 0 saturated carbocycles. The van der Waals surface area contributed by atoms with E-state index in [1.54, 1.807) is 18.2 Å². The van der Waals surface area contributed by atoms with Crippen LogP contribution < -0.4 is 5.32 Å². The summed E-state index contributed by atoms with van der Waals surface area (Å²) in [4.78, 5) is 26.1. The van der Waals surface area contributed by atoms with E-state index >= 15 is 0 Å². The first-order valence-electron chi connectivity index (χ1n) is 6.40. The number of aromatic nitrogens is 1. The molecule has 0 radical (unpaired) electrons. The molecule has 0 aliphatic carbocycles. The number of hydrogen-bond donors (Lipinski definition) is 2. The molecule has 2 rings (SSSR count). The van der Waals surface area contributed by atoms with Gasteiger partial charge in [0.25, 0.3) is 0 Å². The number of aliphatic carboxylic acids is 1. The highest BCUT2D eigenvalue weighted by molar-refractivity contribution is 5.87. The van der Waals surface area contributed by atoms with Crippen molar-refractivity contribution in [2.75, 3.05) is 0 Å². The van der Waals surface area contributed by atoms with E-state index < -0.39 is 24.1 Å². The van der Waals surface area contributed by atoms with Crippen molar-refractivity contribution in [1.29, 1.82) is 0 Å². The average molecular weight is 324 g/mol. The van der Waals surface area contributed by atoms with Crippen LogP contribution in [0.2, 0.25) is 0 Å². The number of rotatable bonds is 4. The normalized spacial score (nSPS) is 12.5. The minimum atomic E-state index is -5.16. The van der Waals surface area contributed by atoms with Crippen LogP contribution in [-0.2, 0) is 9.59 Å². The number of carboxylic acids is 1. The largest absolute Gasteiger partial charge is 0.479 e. The summed E-state index contributed by atoms with van der Waals surface area (Å²) in [5, 5.41) is 10.6. The third-order valence-electron chi connectivity index (χ3n) is 3.01. The summed E-state index contributed by atoms with van der Waals surface area (Å²) < 4.78 is 37.0. The maximum Gasteiger partial charge on any atom is 0.471 e. The molecule has 0 aliphatic rings. The molecule has 0 spiro atoms. The number of carbonyl (C=O) groups is 2. The highest BCUT2D eigenvalue weighted by Gasteiger charge is 2.41. The van der Waals surface area contributed by atoms with Crippen LogP contribution in [0.3, 0.4) is 0 Å². The first-order valence-corrected chi connectivity index (χ1v) is 6.40. The number of halogens is 3. The molecule has 2 N–H and O–H groups in total. The van der Waals surface area contributed by atoms with Gasteiger partial charge in [-0.25, -0.2) is 4.79 Å². The molecule has 0 fully saturated rings. The summed E-state index contributed by atoms with van der Waals surface area (Å²) in [6.07, 6.45) is -2.10. The van der Waals surface area contributed by atoms with Crippen LogP contribution in [-0.4, -0.2) is 28.1 Å². The molecule has 0 saturated heterocycles. The zero-order valence-corrected chi connectivity index (χ0v) is 11.5. The van der Waals surface area contributed by atoms with Crippen molar-refractivity contribution in [3.05, 3.63) is 54.4 Å². The van der Waals surface area contributed by atoms with Gasteiger partial charge >= 0.3 is 18.1 Å². The number of hydrogen-bond acceptors (Lipinski definition) is 3. The zero-order valence-electron chi connectivity index (χ0n) is 11.5. The summed E-state index contributed by atoms with van der Waals surface area (Å²) in [7, 11) is 0. The number of nitrogens with zero attached hydrogens (tertiary/aromatic N) is 1. The third kappa shape index (κ3) is 4.06. The Morgan fingerprint density at radius 1 is 1.09 bits per heavy atom. The van der Waals surface area contributed by atoms with E-state index in [1.807, 2.05) is 0 Å². The Morgan fingerprint density at radius 2 is 1.74 bits per heavy atom. The lowest BCUT2D eigenvalue weighted by molar-refractivity contribution is -0.175. The fraction of sp³-hybridized carbons (Fsp3) is 0.133. The first-order chi connectivity index (χ1) is 10.8. The van der Waals surface area contributed by atoms with Crippen LogP contribution in [0.15, 0.2) is 48.8 Å². The fourth-order valence-electron chi connectivity index (χ4n) is 1.94. The molecule has 0 bridgehead atoms. The highest BCUT2D eigenvalue weighted by Crippen LogP contribution is 2.24. The van der Waals surface area contributed by atoms with Crippen LogP contribution in [0, 0.1) is 0 Å². The van der Waals surface area contributed by atoms with Crippen molar-refractivity contribution in [2.24, 2.45) is 0 Å². The van der Waals surface area contributed by atoms with Gasteiger partial charge in [-0.05, 0) is 34.9 Å². The van der Waals surface area contributed by atoms with Crippen molar-refractivity contribution in [3.8, 4) is 11.1 Å². The number of benzene rings is 1. The van der Waals surface area contributed by atoms with Gasteiger partial charge in [0.1, 0.15) is 0 Å². The second kappa shape index (κ2) is 6.47. The van der Waals surface area contributed by atoms with Gasteiger partial charge in [-0.1, -0.05) is 18.2 Å². The second-order valence-corrected chi connectivity index (χ2v) is 4.60. The van der Waals surface area contributed by atoms with Crippen molar-refractivity contribution in [1.82, 2.24) is 10.3 Å². The van der Waals surface area contributed by atoms with E-state index in [2.05, 4.69) is 4.98 Å². The van der Waals surface area contributed by atoms with Crippen LogP contribution in [0.5, 0.6) is 0 Å². The lowest BCUT2D eigenvalue weighted by Crippen LogP contribution is -2.41. The maximum absolute atomic E-state index is 12.3. The van der Waals surface area contributed by atoms with E-state index in [1.165, 1.54) is 35.9 Å². The molecular weight excluding hydrogens is 313 g/mol. The fourth-order valence-corrected chi connectivity index (χ4v) is 1.94. The van der Waals surface area contributed by atoms with Gasteiger partial charge in [-0.2, -0.15) is 13.2 Å². The van der Waals surface area contributed by atoms with Crippen molar-refractivity contribution in [3.63, 3.8) is 0 Å². The molecule has 5 nitrogen and oxygen atoms in total. The standard InChI is InChI=1S/C15H11F3N2O3/c16-15(17,18)14(23)20-12(13(21)22)11-3-1-2-10(8-11)9-4-6-19-7-5-9/h1-8,12H,(H,20,23)(H,21,22).